The quantitative estimate of drug-likeness (QED) is 0.323. The predicted molar refractivity (Wildman–Crippen MR) is 123 cm³/mol. The molecule has 0 bridgehead atoms. The van der Waals surface area contributed by atoms with Gasteiger partial charge in [0, 0.05) is 38.1 Å². The van der Waals surface area contributed by atoms with Crippen LogP contribution in [0.3, 0.4) is 0 Å². The summed E-state index contributed by atoms with van der Waals surface area (Å²) in [6, 6.07) is 14.4. The van der Waals surface area contributed by atoms with Gasteiger partial charge in [-0.2, -0.15) is 0 Å². The highest BCUT2D eigenvalue weighted by Gasteiger charge is 2.18. The van der Waals surface area contributed by atoms with Gasteiger partial charge in [0.2, 0.25) is 0 Å². The molecule has 2 heterocycles. The van der Waals surface area contributed by atoms with Gasteiger partial charge in [0.25, 0.3) is 5.91 Å². The number of amides is 1. The summed E-state index contributed by atoms with van der Waals surface area (Å²) in [6.07, 6.45) is 2.39. The van der Waals surface area contributed by atoms with Crippen LogP contribution in [0.2, 0.25) is 15.1 Å². The van der Waals surface area contributed by atoms with Crippen molar-refractivity contribution in [3.63, 3.8) is 0 Å². The molecule has 0 aliphatic heterocycles. The first-order valence-electron chi connectivity index (χ1n) is 8.95. The number of rotatable bonds is 5. The fraction of sp³-hybridized carbons (Fsp3) is 0.0909. The molecule has 0 fully saturated rings. The molecule has 4 rings (SSSR count). The Labute approximate surface area is 192 Å². The van der Waals surface area contributed by atoms with Gasteiger partial charge in [0.15, 0.2) is 5.13 Å². The van der Waals surface area contributed by atoms with Crippen molar-refractivity contribution < 1.29 is 9.21 Å². The number of aryl methyl sites for hydroxylation is 1. The lowest BCUT2D eigenvalue weighted by atomic mass is 10.1. The van der Waals surface area contributed by atoms with E-state index in [0.717, 1.165) is 10.4 Å². The molecule has 0 aliphatic carbocycles. The summed E-state index contributed by atoms with van der Waals surface area (Å²) in [7, 11) is 0. The molecule has 8 heteroatoms. The maximum absolute atomic E-state index is 12.8. The summed E-state index contributed by atoms with van der Waals surface area (Å²) in [5.41, 5.74) is 2.13. The maximum atomic E-state index is 12.8. The van der Waals surface area contributed by atoms with Crippen molar-refractivity contribution in [2.75, 3.05) is 5.32 Å². The molecule has 4 nitrogen and oxygen atoms in total. The third kappa shape index (κ3) is 4.71. The van der Waals surface area contributed by atoms with Crippen molar-refractivity contribution in [3.8, 4) is 11.3 Å². The summed E-state index contributed by atoms with van der Waals surface area (Å²) < 4.78 is 5.76. The van der Waals surface area contributed by atoms with Crippen LogP contribution in [0, 0.1) is 6.92 Å². The lowest BCUT2D eigenvalue weighted by Crippen LogP contribution is -2.11. The SMILES string of the molecule is Cc1oc(-c2cc(Cl)cc(Cl)c2)cc1C(=O)Nc1ncc(Cc2ccccc2Cl)s1. The van der Waals surface area contributed by atoms with Gasteiger partial charge in [0.05, 0.1) is 5.56 Å². The van der Waals surface area contributed by atoms with E-state index in [9.17, 15) is 4.79 Å². The Hall–Kier alpha value is -2.31. The molecule has 4 aromatic rings. The van der Waals surface area contributed by atoms with Crippen LogP contribution in [0.1, 0.15) is 26.6 Å². The summed E-state index contributed by atoms with van der Waals surface area (Å²) in [5, 5.41) is 5.03. The van der Waals surface area contributed by atoms with Gasteiger partial charge < -0.3 is 4.42 Å². The van der Waals surface area contributed by atoms with Crippen molar-refractivity contribution in [1.29, 1.82) is 0 Å². The minimum Gasteiger partial charge on any atom is -0.461 e. The third-order valence-electron chi connectivity index (χ3n) is 4.41. The first-order chi connectivity index (χ1) is 14.4. The highest BCUT2D eigenvalue weighted by atomic mass is 35.5. The molecule has 0 radical (unpaired) electrons. The van der Waals surface area contributed by atoms with Crippen molar-refractivity contribution >= 4 is 57.2 Å². The van der Waals surface area contributed by atoms with E-state index in [0.29, 0.717) is 49.3 Å². The molecular weight excluding hydrogens is 463 g/mol. The second-order valence-corrected chi connectivity index (χ2v) is 8.99. The molecule has 1 N–H and O–H groups in total. The van der Waals surface area contributed by atoms with Crippen LogP contribution in [0.5, 0.6) is 0 Å². The van der Waals surface area contributed by atoms with E-state index >= 15 is 0 Å². The molecular formula is C22H15Cl3N2O2S. The van der Waals surface area contributed by atoms with Crippen LogP contribution in [-0.4, -0.2) is 10.9 Å². The molecule has 0 atom stereocenters. The number of thiazole rings is 1. The zero-order chi connectivity index (χ0) is 21.3. The van der Waals surface area contributed by atoms with Crippen molar-refractivity contribution in [2.45, 2.75) is 13.3 Å². The molecule has 30 heavy (non-hydrogen) atoms. The number of benzene rings is 2. The average Bonchev–Trinajstić information content (AvgIpc) is 3.29. The van der Waals surface area contributed by atoms with E-state index < -0.39 is 0 Å². The number of nitrogens with one attached hydrogen (secondary N) is 1. The lowest BCUT2D eigenvalue weighted by Gasteiger charge is -2.01. The average molecular weight is 478 g/mol. The second kappa shape index (κ2) is 8.82. The molecule has 152 valence electrons. The summed E-state index contributed by atoms with van der Waals surface area (Å²) >= 11 is 19.8. The Bertz CT molecular complexity index is 1210. The first-order valence-corrected chi connectivity index (χ1v) is 10.9. The Morgan fingerprint density at radius 3 is 2.57 bits per heavy atom. The number of aromatic nitrogens is 1. The van der Waals surface area contributed by atoms with Gasteiger partial charge in [-0.05, 0) is 42.8 Å². The zero-order valence-corrected chi connectivity index (χ0v) is 18.8. The smallest absolute Gasteiger partial charge is 0.261 e. The number of anilines is 1. The molecule has 0 saturated heterocycles. The van der Waals surface area contributed by atoms with Crippen molar-refractivity contribution in [2.24, 2.45) is 0 Å². The van der Waals surface area contributed by atoms with Gasteiger partial charge in [-0.15, -0.1) is 11.3 Å². The second-order valence-electron chi connectivity index (χ2n) is 6.59. The molecule has 2 aromatic heterocycles. The van der Waals surface area contributed by atoms with E-state index in [-0.39, 0.29) is 5.91 Å². The maximum Gasteiger partial charge on any atom is 0.261 e. The Kier molecular flexibility index (Phi) is 6.16. The van der Waals surface area contributed by atoms with Crippen LogP contribution in [-0.2, 0) is 6.42 Å². The molecule has 0 spiro atoms. The minimum atomic E-state index is -0.297. The van der Waals surface area contributed by atoms with Gasteiger partial charge in [-0.1, -0.05) is 53.0 Å². The fourth-order valence-electron chi connectivity index (χ4n) is 2.99. The zero-order valence-electron chi connectivity index (χ0n) is 15.7. The van der Waals surface area contributed by atoms with E-state index in [1.807, 2.05) is 24.3 Å². The van der Waals surface area contributed by atoms with Crippen LogP contribution < -0.4 is 5.32 Å². The molecule has 2 aromatic carbocycles. The highest BCUT2D eigenvalue weighted by Crippen LogP contribution is 2.31. The van der Waals surface area contributed by atoms with Crippen molar-refractivity contribution in [3.05, 3.63) is 91.6 Å². The van der Waals surface area contributed by atoms with E-state index in [2.05, 4.69) is 10.3 Å². The predicted octanol–water partition coefficient (Wildman–Crippen LogP) is 7.51. The van der Waals surface area contributed by atoms with Gasteiger partial charge in [0.1, 0.15) is 11.5 Å². The normalized spacial score (nSPS) is 10.9. The Morgan fingerprint density at radius 2 is 1.83 bits per heavy atom. The van der Waals surface area contributed by atoms with E-state index in [4.69, 9.17) is 39.2 Å². The number of nitrogens with zero attached hydrogens (tertiary/aromatic N) is 1. The van der Waals surface area contributed by atoms with Crippen LogP contribution in [0.25, 0.3) is 11.3 Å². The van der Waals surface area contributed by atoms with Gasteiger partial charge in [-0.25, -0.2) is 4.98 Å². The summed E-state index contributed by atoms with van der Waals surface area (Å²) in [4.78, 5) is 18.1. The number of hydrogen-bond acceptors (Lipinski definition) is 4. The Balaban J connectivity index is 1.50. The largest absolute Gasteiger partial charge is 0.461 e. The van der Waals surface area contributed by atoms with Crippen LogP contribution >= 0.6 is 46.1 Å². The molecule has 0 aliphatic rings. The minimum absolute atomic E-state index is 0.297. The third-order valence-corrected chi connectivity index (χ3v) is 6.12. The topological polar surface area (TPSA) is 55.1 Å². The summed E-state index contributed by atoms with van der Waals surface area (Å²) in [6.45, 7) is 1.73. The fourth-order valence-corrected chi connectivity index (χ4v) is 4.55. The number of hydrogen-bond donors (Lipinski definition) is 1. The summed E-state index contributed by atoms with van der Waals surface area (Å²) in [5.74, 6) is 0.710. The van der Waals surface area contributed by atoms with Gasteiger partial charge >= 0.3 is 0 Å². The van der Waals surface area contributed by atoms with E-state index in [1.54, 1.807) is 37.4 Å². The van der Waals surface area contributed by atoms with Crippen molar-refractivity contribution in [1.82, 2.24) is 4.98 Å². The monoisotopic (exact) mass is 476 g/mol. The highest BCUT2D eigenvalue weighted by molar-refractivity contribution is 7.15. The molecule has 0 saturated carbocycles. The molecule has 1 amide bonds. The van der Waals surface area contributed by atoms with Crippen LogP contribution in [0.4, 0.5) is 5.13 Å². The van der Waals surface area contributed by atoms with Gasteiger partial charge in [-0.3, -0.25) is 10.1 Å². The first kappa shape index (κ1) is 20.9. The standard InChI is InChI=1S/C22H15Cl3N2O2S/c1-12-18(10-20(29-12)14-6-15(23)9-16(24)7-14)21(28)27-22-26-11-17(30-22)8-13-4-2-3-5-19(13)25/h2-7,9-11H,8H2,1H3,(H,26,27,28). The number of carbonyl (C=O) groups is 1. The molecule has 0 unspecified atom stereocenters. The van der Waals surface area contributed by atoms with E-state index in [1.165, 1.54) is 11.3 Å². The van der Waals surface area contributed by atoms with Crippen LogP contribution in [0.15, 0.2) is 59.1 Å². The number of halogens is 3. The number of furan rings is 1. The number of carbonyl (C=O) groups excluding carboxylic acids is 1. The lowest BCUT2D eigenvalue weighted by molar-refractivity contribution is 0.102. The Morgan fingerprint density at radius 1 is 1.10 bits per heavy atom.